The third-order valence-electron chi connectivity index (χ3n) is 2.40. The van der Waals surface area contributed by atoms with Gasteiger partial charge in [-0.25, -0.2) is 0 Å². The third-order valence-corrected chi connectivity index (χ3v) is 2.40. The summed E-state index contributed by atoms with van der Waals surface area (Å²) >= 11 is 0. The summed E-state index contributed by atoms with van der Waals surface area (Å²) in [6.45, 7) is -0.164. The summed E-state index contributed by atoms with van der Waals surface area (Å²) in [4.78, 5) is 11.7. The van der Waals surface area contributed by atoms with Gasteiger partial charge in [-0.15, -0.1) is 0 Å². The number of aromatic hydroxyl groups is 2. The monoisotopic (exact) mass is 244 g/mol. The SMILES string of the molecule is O=C(COc1ccc(O)cc1O)c1ccccc1. The fourth-order valence-corrected chi connectivity index (χ4v) is 1.48. The fourth-order valence-electron chi connectivity index (χ4n) is 1.48. The molecule has 2 aromatic rings. The Morgan fingerprint density at radius 2 is 1.78 bits per heavy atom. The number of rotatable bonds is 4. The number of Topliss-reactive ketones (excluding diaryl/α,β-unsaturated/α-hetero) is 1. The van der Waals surface area contributed by atoms with Crippen LogP contribution in [0, 0.1) is 0 Å². The molecule has 2 rings (SSSR count). The summed E-state index contributed by atoms with van der Waals surface area (Å²) in [5.41, 5.74) is 0.552. The maximum atomic E-state index is 11.7. The summed E-state index contributed by atoms with van der Waals surface area (Å²) in [5, 5.41) is 18.6. The van der Waals surface area contributed by atoms with Gasteiger partial charge < -0.3 is 14.9 Å². The largest absolute Gasteiger partial charge is 0.508 e. The maximum Gasteiger partial charge on any atom is 0.200 e. The molecule has 2 N–H and O–H groups in total. The molecule has 0 aliphatic carbocycles. The van der Waals surface area contributed by atoms with Crippen LogP contribution in [0.25, 0.3) is 0 Å². The number of benzene rings is 2. The van der Waals surface area contributed by atoms with Gasteiger partial charge in [0.2, 0.25) is 0 Å². The van der Waals surface area contributed by atoms with Gasteiger partial charge in [-0.1, -0.05) is 30.3 Å². The first-order valence-electron chi connectivity index (χ1n) is 5.40. The number of phenols is 2. The molecule has 0 unspecified atom stereocenters. The van der Waals surface area contributed by atoms with Gasteiger partial charge in [0.05, 0.1) is 0 Å². The van der Waals surface area contributed by atoms with Gasteiger partial charge in [0.1, 0.15) is 5.75 Å². The average Bonchev–Trinajstić information content (AvgIpc) is 2.38. The van der Waals surface area contributed by atoms with E-state index in [-0.39, 0.29) is 29.6 Å². The second-order valence-electron chi connectivity index (χ2n) is 3.73. The van der Waals surface area contributed by atoms with Crippen LogP contribution in [0.4, 0.5) is 0 Å². The van der Waals surface area contributed by atoms with E-state index in [0.717, 1.165) is 6.07 Å². The van der Waals surface area contributed by atoms with Crippen molar-refractivity contribution in [2.45, 2.75) is 0 Å². The number of hydrogen-bond donors (Lipinski definition) is 2. The van der Waals surface area contributed by atoms with Crippen LogP contribution in [-0.4, -0.2) is 22.6 Å². The van der Waals surface area contributed by atoms with Gasteiger partial charge in [0.25, 0.3) is 0 Å². The highest BCUT2D eigenvalue weighted by Crippen LogP contribution is 2.29. The van der Waals surface area contributed by atoms with Crippen LogP contribution in [0.15, 0.2) is 48.5 Å². The molecule has 0 spiro atoms. The molecule has 0 saturated heterocycles. The third kappa shape index (κ3) is 2.79. The Morgan fingerprint density at radius 3 is 2.44 bits per heavy atom. The van der Waals surface area contributed by atoms with Crippen molar-refractivity contribution in [3.8, 4) is 17.2 Å². The Morgan fingerprint density at radius 1 is 1.06 bits per heavy atom. The molecule has 2 aromatic carbocycles. The zero-order valence-electron chi connectivity index (χ0n) is 9.54. The van der Waals surface area contributed by atoms with Gasteiger partial charge in [-0.2, -0.15) is 0 Å². The summed E-state index contributed by atoms with van der Waals surface area (Å²) < 4.78 is 5.20. The highest BCUT2D eigenvalue weighted by atomic mass is 16.5. The van der Waals surface area contributed by atoms with Crippen LogP contribution in [-0.2, 0) is 0 Å². The quantitative estimate of drug-likeness (QED) is 0.810. The smallest absolute Gasteiger partial charge is 0.200 e. The van der Waals surface area contributed by atoms with E-state index in [9.17, 15) is 9.90 Å². The lowest BCUT2D eigenvalue weighted by Gasteiger charge is -2.07. The van der Waals surface area contributed by atoms with E-state index in [1.54, 1.807) is 24.3 Å². The van der Waals surface area contributed by atoms with Crippen LogP contribution >= 0.6 is 0 Å². The maximum absolute atomic E-state index is 11.7. The molecule has 92 valence electrons. The number of hydrogen-bond acceptors (Lipinski definition) is 4. The van der Waals surface area contributed by atoms with Gasteiger partial charge in [0.15, 0.2) is 23.9 Å². The van der Waals surface area contributed by atoms with Gasteiger partial charge in [-0.3, -0.25) is 4.79 Å². The second kappa shape index (κ2) is 5.23. The Bertz CT molecular complexity index is 549. The molecule has 0 aliphatic rings. The number of ether oxygens (including phenoxy) is 1. The van der Waals surface area contributed by atoms with E-state index in [1.807, 2.05) is 6.07 Å². The van der Waals surface area contributed by atoms with Crippen LogP contribution in [0.2, 0.25) is 0 Å². The van der Waals surface area contributed by atoms with Crippen LogP contribution in [0.1, 0.15) is 10.4 Å². The minimum absolute atomic E-state index is 0.0609. The normalized spacial score (nSPS) is 10.0. The molecule has 18 heavy (non-hydrogen) atoms. The molecule has 0 aliphatic heterocycles. The van der Waals surface area contributed by atoms with Crippen molar-refractivity contribution in [3.05, 3.63) is 54.1 Å². The van der Waals surface area contributed by atoms with Crippen LogP contribution in [0.3, 0.4) is 0 Å². The Labute approximate surface area is 104 Å². The van der Waals surface area contributed by atoms with Crippen molar-refractivity contribution in [2.24, 2.45) is 0 Å². The summed E-state index contributed by atoms with van der Waals surface area (Å²) in [5.74, 6) is -0.273. The van der Waals surface area contributed by atoms with Gasteiger partial charge >= 0.3 is 0 Å². The van der Waals surface area contributed by atoms with Crippen molar-refractivity contribution in [1.82, 2.24) is 0 Å². The Hall–Kier alpha value is -2.49. The van der Waals surface area contributed by atoms with Gasteiger partial charge in [-0.05, 0) is 12.1 Å². The molecule has 0 saturated carbocycles. The average molecular weight is 244 g/mol. The molecule has 0 fully saturated rings. The molecule has 0 radical (unpaired) electrons. The summed E-state index contributed by atoms with van der Waals surface area (Å²) in [7, 11) is 0. The van der Waals surface area contributed by atoms with E-state index >= 15 is 0 Å². The molecule has 4 heteroatoms. The zero-order valence-corrected chi connectivity index (χ0v) is 9.54. The molecule has 0 amide bonds. The van der Waals surface area contributed by atoms with E-state index in [1.165, 1.54) is 12.1 Å². The van der Waals surface area contributed by atoms with E-state index in [0.29, 0.717) is 5.56 Å². The molecular formula is C14H12O4. The topological polar surface area (TPSA) is 66.8 Å². The molecule has 0 atom stereocenters. The fraction of sp³-hybridized carbons (Fsp3) is 0.0714. The first-order valence-corrected chi connectivity index (χ1v) is 5.40. The lowest BCUT2D eigenvalue weighted by Crippen LogP contribution is -2.11. The second-order valence-corrected chi connectivity index (χ2v) is 3.73. The first kappa shape index (κ1) is 12.0. The van der Waals surface area contributed by atoms with Crippen LogP contribution < -0.4 is 4.74 Å². The summed E-state index contributed by atoms with van der Waals surface area (Å²) in [6, 6.07) is 12.7. The Kier molecular flexibility index (Phi) is 3.48. The number of phenolic OH excluding ortho intramolecular Hbond substituents is 2. The van der Waals surface area contributed by atoms with E-state index in [4.69, 9.17) is 9.84 Å². The highest BCUT2D eigenvalue weighted by Gasteiger charge is 2.08. The van der Waals surface area contributed by atoms with E-state index < -0.39 is 0 Å². The molecular weight excluding hydrogens is 232 g/mol. The minimum Gasteiger partial charge on any atom is -0.508 e. The lowest BCUT2D eigenvalue weighted by atomic mass is 10.1. The van der Waals surface area contributed by atoms with Crippen molar-refractivity contribution < 1.29 is 19.7 Å². The lowest BCUT2D eigenvalue weighted by molar-refractivity contribution is 0.0920. The van der Waals surface area contributed by atoms with Crippen molar-refractivity contribution in [3.63, 3.8) is 0 Å². The van der Waals surface area contributed by atoms with Crippen molar-refractivity contribution >= 4 is 5.78 Å². The zero-order chi connectivity index (χ0) is 13.0. The van der Waals surface area contributed by atoms with Gasteiger partial charge in [0, 0.05) is 11.6 Å². The van der Waals surface area contributed by atoms with E-state index in [2.05, 4.69) is 0 Å². The number of carbonyl (C=O) groups excluding carboxylic acids is 1. The Balaban J connectivity index is 2.02. The minimum atomic E-state index is -0.198. The molecule has 0 aromatic heterocycles. The van der Waals surface area contributed by atoms with Crippen molar-refractivity contribution in [2.75, 3.05) is 6.61 Å². The summed E-state index contributed by atoms with van der Waals surface area (Å²) in [6.07, 6.45) is 0. The standard InChI is InChI=1S/C14H12O4/c15-11-6-7-14(12(16)8-11)18-9-13(17)10-4-2-1-3-5-10/h1-8,15-16H,9H2. The van der Waals surface area contributed by atoms with Crippen molar-refractivity contribution in [1.29, 1.82) is 0 Å². The molecule has 0 heterocycles. The molecule has 4 nitrogen and oxygen atoms in total. The predicted molar refractivity (Wildman–Crippen MR) is 66.0 cm³/mol. The number of ketones is 1. The predicted octanol–water partition coefficient (Wildman–Crippen LogP) is 2.36. The molecule has 0 bridgehead atoms. The highest BCUT2D eigenvalue weighted by molar-refractivity contribution is 5.97. The number of carbonyl (C=O) groups is 1. The van der Waals surface area contributed by atoms with Crippen LogP contribution in [0.5, 0.6) is 17.2 Å². The first-order chi connectivity index (χ1) is 8.66.